The maximum absolute atomic E-state index is 13.9. The van der Waals surface area contributed by atoms with Gasteiger partial charge in [-0.15, -0.1) is 0 Å². The summed E-state index contributed by atoms with van der Waals surface area (Å²) in [6, 6.07) is 9.43. The van der Waals surface area contributed by atoms with Gasteiger partial charge in [0.25, 0.3) is 10.0 Å². The van der Waals surface area contributed by atoms with Crippen LogP contribution in [-0.2, 0) is 16.2 Å². The molecule has 146 valence electrons. The van der Waals surface area contributed by atoms with Gasteiger partial charge in [0.15, 0.2) is 5.03 Å². The summed E-state index contributed by atoms with van der Waals surface area (Å²) in [6.45, 7) is 1.32. The fourth-order valence-corrected chi connectivity index (χ4v) is 3.46. The Labute approximate surface area is 158 Å². The zero-order chi connectivity index (χ0) is 20.5. The van der Waals surface area contributed by atoms with Gasteiger partial charge in [0, 0.05) is 11.8 Å². The highest BCUT2D eigenvalue weighted by Crippen LogP contribution is 2.38. The van der Waals surface area contributed by atoms with Crippen molar-refractivity contribution in [3.63, 3.8) is 0 Å². The zero-order valence-electron chi connectivity index (χ0n) is 14.3. The lowest BCUT2D eigenvalue weighted by Gasteiger charge is -2.16. The van der Waals surface area contributed by atoms with Crippen LogP contribution in [0.1, 0.15) is 11.1 Å². The largest absolute Gasteiger partial charge is 0.418 e. The maximum Gasteiger partial charge on any atom is 0.418 e. The molecular formula is C18H13F4N3O2S. The molecule has 0 fully saturated rings. The molecule has 28 heavy (non-hydrogen) atoms. The molecule has 0 bridgehead atoms. The summed E-state index contributed by atoms with van der Waals surface area (Å²) >= 11 is 0. The average Bonchev–Trinajstić information content (AvgIpc) is 2.63. The smallest absolute Gasteiger partial charge is 0.262 e. The Balaban J connectivity index is 2.12. The Morgan fingerprint density at radius 2 is 1.75 bits per heavy atom. The number of hydrogen-bond donors (Lipinski definition) is 1. The topological polar surface area (TPSA) is 72.0 Å². The van der Waals surface area contributed by atoms with Crippen LogP contribution >= 0.6 is 0 Å². The van der Waals surface area contributed by atoms with E-state index in [1.54, 1.807) is 0 Å². The number of alkyl halides is 3. The monoisotopic (exact) mass is 411 g/mol. The van der Waals surface area contributed by atoms with Crippen LogP contribution in [-0.4, -0.2) is 18.4 Å². The summed E-state index contributed by atoms with van der Waals surface area (Å²) < 4.78 is 80.9. The predicted molar refractivity (Wildman–Crippen MR) is 94.4 cm³/mol. The van der Waals surface area contributed by atoms with Crippen LogP contribution in [0.5, 0.6) is 0 Å². The summed E-state index contributed by atoms with van der Waals surface area (Å²) in [7, 11) is -4.16. The first kappa shape index (κ1) is 19.7. The molecule has 1 aromatic carbocycles. The number of aromatic nitrogens is 2. The summed E-state index contributed by atoms with van der Waals surface area (Å²) in [5.41, 5.74) is -1.82. The molecule has 0 saturated carbocycles. The summed E-state index contributed by atoms with van der Waals surface area (Å²) in [5.74, 6) is -1.05. The minimum absolute atomic E-state index is 0.0368. The molecule has 0 unspecified atom stereocenters. The molecule has 10 heteroatoms. The van der Waals surface area contributed by atoms with Gasteiger partial charge in [0.1, 0.15) is 11.6 Å². The molecular weight excluding hydrogens is 398 g/mol. The van der Waals surface area contributed by atoms with Crippen LogP contribution in [0.4, 0.5) is 23.4 Å². The number of sulfonamides is 1. The first-order valence-electron chi connectivity index (χ1n) is 7.87. The van der Waals surface area contributed by atoms with Gasteiger partial charge in [0.2, 0.25) is 0 Å². The Kier molecular flexibility index (Phi) is 5.07. The third-order valence-corrected chi connectivity index (χ3v) is 5.15. The van der Waals surface area contributed by atoms with E-state index in [-0.39, 0.29) is 22.0 Å². The minimum Gasteiger partial charge on any atom is -0.262 e. The van der Waals surface area contributed by atoms with Crippen molar-refractivity contribution >= 4 is 15.8 Å². The summed E-state index contributed by atoms with van der Waals surface area (Å²) in [4.78, 5) is 7.52. The van der Waals surface area contributed by atoms with Gasteiger partial charge in [-0.1, -0.05) is 18.2 Å². The zero-order valence-corrected chi connectivity index (χ0v) is 15.1. The van der Waals surface area contributed by atoms with Gasteiger partial charge in [-0.05, 0) is 42.8 Å². The first-order valence-corrected chi connectivity index (χ1v) is 9.35. The molecule has 0 spiro atoms. The quantitative estimate of drug-likeness (QED) is 0.646. The maximum atomic E-state index is 13.9. The van der Waals surface area contributed by atoms with Crippen molar-refractivity contribution in [1.29, 1.82) is 0 Å². The molecule has 3 rings (SSSR count). The molecule has 0 saturated heterocycles. The van der Waals surface area contributed by atoms with Gasteiger partial charge in [-0.25, -0.2) is 14.4 Å². The van der Waals surface area contributed by atoms with Crippen molar-refractivity contribution in [1.82, 2.24) is 9.97 Å². The van der Waals surface area contributed by atoms with Crippen LogP contribution in [0.15, 0.2) is 59.8 Å². The normalized spacial score (nSPS) is 12.0. The molecule has 0 aliphatic carbocycles. The van der Waals surface area contributed by atoms with Gasteiger partial charge in [0.05, 0.1) is 11.3 Å². The fraction of sp³-hybridized carbons (Fsp3) is 0.111. The van der Waals surface area contributed by atoms with Crippen LogP contribution in [0.2, 0.25) is 0 Å². The number of nitrogens with one attached hydrogen (secondary N) is 1. The van der Waals surface area contributed by atoms with E-state index in [2.05, 4.69) is 14.7 Å². The van der Waals surface area contributed by atoms with E-state index in [0.29, 0.717) is 6.07 Å². The van der Waals surface area contributed by atoms with Gasteiger partial charge < -0.3 is 0 Å². The molecule has 5 nitrogen and oxygen atoms in total. The third kappa shape index (κ3) is 3.96. The second-order valence-corrected chi connectivity index (χ2v) is 7.41. The Morgan fingerprint density at radius 1 is 1.00 bits per heavy atom. The first-order chi connectivity index (χ1) is 13.1. The van der Waals surface area contributed by atoms with Crippen LogP contribution in [0, 0.1) is 12.7 Å². The molecule has 0 aliphatic heterocycles. The highest BCUT2D eigenvalue weighted by molar-refractivity contribution is 7.92. The lowest BCUT2D eigenvalue weighted by Crippen LogP contribution is -2.16. The number of anilines is 1. The molecule has 0 atom stereocenters. The second-order valence-electron chi connectivity index (χ2n) is 5.78. The number of rotatable bonds is 4. The highest BCUT2D eigenvalue weighted by atomic mass is 32.2. The average molecular weight is 411 g/mol. The van der Waals surface area contributed by atoms with E-state index in [9.17, 15) is 26.0 Å². The van der Waals surface area contributed by atoms with Crippen LogP contribution in [0.25, 0.3) is 11.3 Å². The van der Waals surface area contributed by atoms with Crippen LogP contribution in [0.3, 0.4) is 0 Å². The van der Waals surface area contributed by atoms with Gasteiger partial charge in [-0.3, -0.25) is 4.72 Å². The van der Waals surface area contributed by atoms with Crippen molar-refractivity contribution in [2.75, 3.05) is 4.72 Å². The lowest BCUT2D eigenvalue weighted by atomic mass is 10.0. The summed E-state index contributed by atoms with van der Waals surface area (Å²) in [6.07, 6.45) is -3.50. The Morgan fingerprint density at radius 3 is 2.39 bits per heavy atom. The van der Waals surface area contributed by atoms with Crippen molar-refractivity contribution in [2.45, 2.75) is 18.1 Å². The van der Waals surface area contributed by atoms with E-state index >= 15 is 0 Å². The van der Waals surface area contributed by atoms with Crippen LogP contribution < -0.4 is 4.72 Å². The third-order valence-electron chi connectivity index (χ3n) is 3.88. The van der Waals surface area contributed by atoms with E-state index in [4.69, 9.17) is 0 Å². The molecule has 2 heterocycles. The second kappa shape index (κ2) is 7.19. The van der Waals surface area contributed by atoms with Crippen molar-refractivity contribution in [3.8, 4) is 11.3 Å². The van der Waals surface area contributed by atoms with Crippen molar-refractivity contribution in [3.05, 3.63) is 71.7 Å². The van der Waals surface area contributed by atoms with E-state index < -0.39 is 33.3 Å². The number of hydrogen-bond acceptors (Lipinski definition) is 4. The molecule has 0 radical (unpaired) electrons. The molecule has 2 aromatic heterocycles. The molecule has 0 amide bonds. The number of pyridine rings is 2. The predicted octanol–water partition coefficient (Wildman–Crippen LogP) is 4.41. The number of halogens is 4. The van der Waals surface area contributed by atoms with Crippen molar-refractivity contribution in [2.24, 2.45) is 0 Å². The van der Waals surface area contributed by atoms with E-state index in [0.717, 1.165) is 12.1 Å². The standard InChI is InChI=1S/C18H13F4N3O2S/c1-11-12(5-4-6-14(11)19)17-13(18(20,21)22)8-9-15(24-17)25-28(26,27)16-7-2-3-10-23-16/h2-10H,1H3,(H,24,25). The SMILES string of the molecule is Cc1c(F)cccc1-c1nc(NS(=O)(=O)c2ccccn2)ccc1C(F)(F)F. The molecule has 1 N–H and O–H groups in total. The number of nitrogens with zero attached hydrogens (tertiary/aromatic N) is 2. The summed E-state index contributed by atoms with van der Waals surface area (Å²) in [5, 5.41) is -0.319. The number of benzene rings is 1. The highest BCUT2D eigenvalue weighted by Gasteiger charge is 2.35. The fourth-order valence-electron chi connectivity index (χ4n) is 2.51. The van der Waals surface area contributed by atoms with Gasteiger partial charge >= 0.3 is 6.18 Å². The van der Waals surface area contributed by atoms with E-state index in [1.807, 2.05) is 0 Å². The molecule has 3 aromatic rings. The Bertz CT molecular complexity index is 1120. The van der Waals surface area contributed by atoms with E-state index in [1.165, 1.54) is 43.5 Å². The van der Waals surface area contributed by atoms with Gasteiger partial charge in [-0.2, -0.15) is 21.6 Å². The lowest BCUT2D eigenvalue weighted by molar-refractivity contribution is -0.137. The van der Waals surface area contributed by atoms with Crippen molar-refractivity contribution < 1.29 is 26.0 Å². The molecule has 0 aliphatic rings. The minimum atomic E-state index is -4.76. The Hall–Kier alpha value is -3.01.